The molecule has 3 rings (SSSR count). The molecule has 0 radical (unpaired) electrons. The van der Waals surface area contributed by atoms with Crippen LogP contribution >= 0.6 is 23.2 Å². The summed E-state index contributed by atoms with van der Waals surface area (Å²) < 4.78 is 0. The van der Waals surface area contributed by atoms with E-state index in [1.165, 1.54) is 11.8 Å². The monoisotopic (exact) mass is 419 g/mol. The van der Waals surface area contributed by atoms with E-state index >= 15 is 0 Å². The van der Waals surface area contributed by atoms with Gasteiger partial charge in [-0.3, -0.25) is 9.59 Å². The zero-order valence-electron chi connectivity index (χ0n) is 15.5. The van der Waals surface area contributed by atoms with E-state index in [1.807, 2.05) is 29.2 Å². The predicted octanol–water partition coefficient (Wildman–Crippen LogP) is 4.59. The third kappa shape index (κ3) is 5.94. The largest absolute Gasteiger partial charge is 0.343 e. The summed E-state index contributed by atoms with van der Waals surface area (Å²) in [5.74, 6) is 0.502. The van der Waals surface area contributed by atoms with Crippen molar-refractivity contribution in [3.8, 4) is 0 Å². The number of aromatic nitrogens is 1. The van der Waals surface area contributed by atoms with E-state index in [0.717, 1.165) is 17.9 Å². The molecule has 2 aromatic rings. The molecule has 1 aliphatic rings. The first-order valence-corrected chi connectivity index (χ1v) is 10.2. The Balaban J connectivity index is 1.39. The maximum Gasteiger partial charge on any atom is 0.228 e. The van der Waals surface area contributed by atoms with E-state index in [0.29, 0.717) is 43.2 Å². The van der Waals surface area contributed by atoms with Crippen molar-refractivity contribution in [3.05, 3.63) is 58.2 Å². The highest BCUT2D eigenvalue weighted by atomic mass is 35.5. The van der Waals surface area contributed by atoms with Crippen molar-refractivity contribution in [2.45, 2.75) is 32.1 Å². The Morgan fingerprint density at radius 1 is 1.04 bits per heavy atom. The summed E-state index contributed by atoms with van der Waals surface area (Å²) >= 11 is 11.7. The molecule has 28 heavy (non-hydrogen) atoms. The maximum atomic E-state index is 12.4. The number of halogens is 2. The van der Waals surface area contributed by atoms with E-state index in [2.05, 4.69) is 10.3 Å². The lowest BCUT2D eigenvalue weighted by Gasteiger charge is -2.31. The number of pyridine rings is 1. The molecule has 1 aliphatic heterocycles. The molecule has 0 unspecified atom stereocenters. The highest BCUT2D eigenvalue weighted by molar-refractivity contribution is 6.30. The minimum Gasteiger partial charge on any atom is -0.343 e. The maximum absolute atomic E-state index is 12.4. The van der Waals surface area contributed by atoms with Crippen molar-refractivity contribution in [1.82, 2.24) is 9.88 Å². The standard InChI is InChI=1S/C21H23Cl2N3O2/c22-17-6-4-15(5-7-17)2-1-3-20(27)26-12-10-16(11-13-26)21(28)25-19-9-8-18(23)14-24-19/h4-9,14,16H,1-3,10-13H2,(H,24,25,28). The number of benzene rings is 1. The van der Waals surface area contributed by atoms with Crippen LogP contribution in [0.4, 0.5) is 5.82 Å². The van der Waals surface area contributed by atoms with Gasteiger partial charge in [0.15, 0.2) is 0 Å². The van der Waals surface area contributed by atoms with Crippen molar-refractivity contribution < 1.29 is 9.59 Å². The molecule has 1 N–H and O–H groups in total. The van der Waals surface area contributed by atoms with Crippen molar-refractivity contribution in [3.63, 3.8) is 0 Å². The first kappa shape index (κ1) is 20.6. The van der Waals surface area contributed by atoms with Crippen molar-refractivity contribution in [2.75, 3.05) is 18.4 Å². The molecule has 148 valence electrons. The Kier molecular flexibility index (Phi) is 7.29. The van der Waals surface area contributed by atoms with E-state index in [4.69, 9.17) is 23.2 Å². The van der Waals surface area contributed by atoms with Crippen molar-refractivity contribution in [1.29, 1.82) is 0 Å². The third-order valence-electron chi connectivity index (χ3n) is 4.97. The molecule has 1 aromatic carbocycles. The molecule has 0 atom stereocenters. The normalized spacial score (nSPS) is 14.7. The smallest absolute Gasteiger partial charge is 0.228 e. The third-order valence-corrected chi connectivity index (χ3v) is 5.44. The average molecular weight is 420 g/mol. The predicted molar refractivity (Wildman–Crippen MR) is 112 cm³/mol. The van der Waals surface area contributed by atoms with Crippen molar-refractivity contribution in [2.24, 2.45) is 5.92 Å². The van der Waals surface area contributed by atoms with Gasteiger partial charge in [0.25, 0.3) is 0 Å². The molecule has 1 aromatic heterocycles. The van der Waals surface area contributed by atoms with Gasteiger partial charge < -0.3 is 10.2 Å². The second-order valence-electron chi connectivity index (χ2n) is 6.99. The van der Waals surface area contributed by atoms with Gasteiger partial charge in [-0.2, -0.15) is 0 Å². The molecule has 1 saturated heterocycles. The Bertz CT molecular complexity index is 801. The van der Waals surface area contributed by atoms with Gasteiger partial charge in [-0.15, -0.1) is 0 Å². The zero-order chi connectivity index (χ0) is 19.9. The molecule has 0 spiro atoms. The molecular weight excluding hydrogens is 397 g/mol. The zero-order valence-corrected chi connectivity index (χ0v) is 17.0. The molecule has 0 aliphatic carbocycles. The van der Waals surface area contributed by atoms with Crippen LogP contribution in [0.15, 0.2) is 42.6 Å². The number of amides is 2. The van der Waals surface area contributed by atoms with Crippen molar-refractivity contribution >= 4 is 40.8 Å². The number of piperidine rings is 1. The SMILES string of the molecule is O=C(Nc1ccc(Cl)cn1)C1CCN(C(=O)CCCc2ccc(Cl)cc2)CC1. The highest BCUT2D eigenvalue weighted by Crippen LogP contribution is 2.21. The summed E-state index contributed by atoms with van der Waals surface area (Å²) in [4.78, 5) is 30.8. The van der Waals surface area contributed by atoms with Crippen LogP contribution in [0.3, 0.4) is 0 Å². The number of hydrogen-bond acceptors (Lipinski definition) is 3. The molecular formula is C21H23Cl2N3O2. The summed E-state index contributed by atoms with van der Waals surface area (Å²) in [5, 5.41) is 4.07. The Morgan fingerprint density at radius 2 is 1.71 bits per heavy atom. The summed E-state index contributed by atoms with van der Waals surface area (Å²) in [7, 11) is 0. The number of anilines is 1. The molecule has 0 bridgehead atoms. The van der Waals surface area contributed by atoms with E-state index in [1.54, 1.807) is 12.1 Å². The van der Waals surface area contributed by atoms with E-state index in [9.17, 15) is 9.59 Å². The second kappa shape index (κ2) is 9.89. The number of nitrogens with zero attached hydrogens (tertiary/aromatic N) is 2. The molecule has 7 heteroatoms. The van der Waals surface area contributed by atoms with Crippen LogP contribution in [-0.2, 0) is 16.0 Å². The van der Waals surface area contributed by atoms with Gasteiger partial charge in [-0.1, -0.05) is 35.3 Å². The number of hydrogen-bond donors (Lipinski definition) is 1. The lowest BCUT2D eigenvalue weighted by atomic mass is 9.95. The first-order chi connectivity index (χ1) is 13.5. The van der Waals surface area contributed by atoms with Gasteiger partial charge in [0.05, 0.1) is 5.02 Å². The first-order valence-electron chi connectivity index (χ1n) is 9.46. The summed E-state index contributed by atoms with van der Waals surface area (Å²) in [5.41, 5.74) is 1.18. The molecule has 2 heterocycles. The van der Waals surface area contributed by atoms with Crippen LogP contribution in [0.5, 0.6) is 0 Å². The van der Waals surface area contributed by atoms with E-state index < -0.39 is 0 Å². The number of likely N-dealkylation sites (tertiary alicyclic amines) is 1. The number of carbonyl (C=O) groups is 2. The summed E-state index contributed by atoms with van der Waals surface area (Å²) in [6, 6.07) is 11.1. The van der Waals surface area contributed by atoms with Crippen LogP contribution in [0, 0.1) is 5.92 Å². The van der Waals surface area contributed by atoms with E-state index in [-0.39, 0.29) is 17.7 Å². The number of nitrogens with one attached hydrogen (secondary N) is 1. The van der Waals surface area contributed by atoms with Crippen LogP contribution in [0.1, 0.15) is 31.2 Å². The summed E-state index contributed by atoms with van der Waals surface area (Å²) in [6.45, 7) is 1.23. The number of rotatable bonds is 6. The molecule has 5 nitrogen and oxygen atoms in total. The molecule has 0 saturated carbocycles. The van der Waals surface area contributed by atoms with Crippen LogP contribution in [0.25, 0.3) is 0 Å². The fourth-order valence-corrected chi connectivity index (χ4v) is 3.56. The lowest BCUT2D eigenvalue weighted by Crippen LogP contribution is -2.41. The van der Waals surface area contributed by atoms with Crippen LogP contribution in [-0.4, -0.2) is 34.8 Å². The number of aryl methyl sites for hydroxylation is 1. The Hall–Kier alpha value is -2.11. The Labute approximate surface area is 175 Å². The van der Waals surface area contributed by atoms with Gasteiger partial charge in [0.1, 0.15) is 5.82 Å². The van der Waals surface area contributed by atoms with Gasteiger partial charge in [0, 0.05) is 36.6 Å². The topological polar surface area (TPSA) is 62.3 Å². The van der Waals surface area contributed by atoms with Gasteiger partial charge in [-0.25, -0.2) is 4.98 Å². The van der Waals surface area contributed by atoms with Gasteiger partial charge in [-0.05, 0) is 55.5 Å². The summed E-state index contributed by atoms with van der Waals surface area (Å²) in [6.07, 6.45) is 5.03. The molecule has 1 fully saturated rings. The molecule has 2 amide bonds. The van der Waals surface area contributed by atoms with Crippen LogP contribution < -0.4 is 5.32 Å². The second-order valence-corrected chi connectivity index (χ2v) is 7.86. The van der Waals surface area contributed by atoms with Crippen LogP contribution in [0.2, 0.25) is 10.0 Å². The Morgan fingerprint density at radius 3 is 2.36 bits per heavy atom. The highest BCUT2D eigenvalue weighted by Gasteiger charge is 2.27. The quantitative estimate of drug-likeness (QED) is 0.744. The average Bonchev–Trinajstić information content (AvgIpc) is 2.71. The number of carbonyl (C=O) groups excluding carboxylic acids is 2. The minimum atomic E-state index is -0.101. The lowest BCUT2D eigenvalue weighted by molar-refractivity contribution is -0.134. The minimum absolute atomic E-state index is 0.0512. The fraction of sp³-hybridized carbons (Fsp3) is 0.381. The van der Waals surface area contributed by atoms with Gasteiger partial charge in [0.2, 0.25) is 11.8 Å². The van der Waals surface area contributed by atoms with Gasteiger partial charge >= 0.3 is 0 Å². The fourth-order valence-electron chi connectivity index (χ4n) is 3.32.